The topological polar surface area (TPSA) is 99.6 Å². The molecule has 6 nitrogen and oxygen atoms in total. The summed E-state index contributed by atoms with van der Waals surface area (Å²) >= 11 is 1.60. The zero-order chi connectivity index (χ0) is 22.2. The number of rotatable bonds is 5. The normalized spacial score (nSPS) is 18.5. The molecule has 0 saturated carbocycles. The molecular weight excluding hydrogens is 410 g/mol. The van der Waals surface area contributed by atoms with Crippen LogP contribution in [0.4, 0.5) is 5.69 Å². The Hall–Kier alpha value is -2.40. The molecule has 4 rings (SSSR count). The molecule has 1 aromatic carbocycles. The van der Waals surface area contributed by atoms with Gasteiger partial charge in [0.05, 0.1) is 28.7 Å². The number of piperidine rings is 1. The third-order valence-corrected chi connectivity index (χ3v) is 7.97. The highest BCUT2D eigenvalue weighted by atomic mass is 32.1. The lowest BCUT2D eigenvalue weighted by Gasteiger charge is -2.34. The van der Waals surface area contributed by atoms with Gasteiger partial charge in [-0.25, -0.2) is 10.7 Å². The number of nitrogens with zero attached hydrogens (tertiary/aromatic N) is 2. The lowest BCUT2D eigenvalue weighted by atomic mass is 9.76. The number of carboxylic acids is 1. The molecule has 1 saturated heterocycles. The molecule has 1 aliphatic carbocycles. The van der Waals surface area contributed by atoms with Crippen molar-refractivity contribution in [1.82, 2.24) is 0 Å². The molecule has 31 heavy (non-hydrogen) atoms. The maximum absolute atomic E-state index is 12.4. The number of hydrogen-bond acceptors (Lipinski definition) is 6. The average molecular weight is 440 g/mol. The Morgan fingerprint density at radius 3 is 2.77 bits per heavy atom. The molecule has 0 bridgehead atoms. The average Bonchev–Trinajstić information content (AvgIpc) is 3.11. The van der Waals surface area contributed by atoms with E-state index in [9.17, 15) is 15.2 Å². The predicted octanol–water partition coefficient (Wildman–Crippen LogP) is 4.61. The second-order valence-corrected chi connectivity index (χ2v) is 10.6. The van der Waals surface area contributed by atoms with Crippen LogP contribution in [0.5, 0.6) is 0 Å². The SMILES string of the molecule is CC1(C)CCc2sc(-c3cc(C#N)ccc3N3CCC(CON)CC3)c(C(=O)O)c2C1. The van der Waals surface area contributed by atoms with E-state index in [4.69, 9.17) is 10.7 Å². The molecule has 1 aromatic heterocycles. The van der Waals surface area contributed by atoms with Gasteiger partial charge in [0.1, 0.15) is 0 Å². The molecule has 1 fully saturated rings. The number of aromatic carboxylic acids is 1. The van der Waals surface area contributed by atoms with Gasteiger partial charge in [0.25, 0.3) is 0 Å². The fourth-order valence-corrected chi connectivity index (χ4v) is 6.21. The van der Waals surface area contributed by atoms with Crippen molar-refractivity contribution in [1.29, 1.82) is 5.26 Å². The fraction of sp³-hybridized carbons (Fsp3) is 0.500. The van der Waals surface area contributed by atoms with Crippen LogP contribution in [0.2, 0.25) is 0 Å². The van der Waals surface area contributed by atoms with E-state index < -0.39 is 5.97 Å². The molecule has 3 N–H and O–H groups in total. The van der Waals surface area contributed by atoms with Gasteiger partial charge in [0.2, 0.25) is 0 Å². The van der Waals surface area contributed by atoms with E-state index in [1.807, 2.05) is 18.2 Å². The molecule has 7 heteroatoms. The summed E-state index contributed by atoms with van der Waals surface area (Å²) in [4.78, 5) is 21.5. The predicted molar refractivity (Wildman–Crippen MR) is 122 cm³/mol. The first-order valence-corrected chi connectivity index (χ1v) is 11.6. The second-order valence-electron chi connectivity index (χ2n) is 9.46. The summed E-state index contributed by atoms with van der Waals surface area (Å²) in [7, 11) is 0. The molecule has 2 aromatic rings. The summed E-state index contributed by atoms with van der Waals surface area (Å²) in [6.45, 7) is 6.68. The van der Waals surface area contributed by atoms with E-state index in [0.29, 0.717) is 23.7 Å². The van der Waals surface area contributed by atoms with E-state index in [1.165, 1.54) is 4.88 Å². The van der Waals surface area contributed by atoms with E-state index in [1.54, 1.807) is 11.3 Å². The lowest BCUT2D eigenvalue weighted by Crippen LogP contribution is -2.35. The molecule has 164 valence electrons. The minimum Gasteiger partial charge on any atom is -0.478 e. The van der Waals surface area contributed by atoms with E-state index in [0.717, 1.165) is 66.9 Å². The molecule has 0 spiro atoms. The van der Waals surface area contributed by atoms with Crippen molar-refractivity contribution < 1.29 is 14.7 Å². The quantitative estimate of drug-likeness (QED) is 0.660. The van der Waals surface area contributed by atoms with Crippen molar-refractivity contribution in [2.75, 3.05) is 24.6 Å². The van der Waals surface area contributed by atoms with E-state index in [-0.39, 0.29) is 5.41 Å². The van der Waals surface area contributed by atoms with Crippen molar-refractivity contribution in [3.8, 4) is 16.5 Å². The highest BCUT2D eigenvalue weighted by Crippen LogP contribution is 2.47. The number of hydrogen-bond donors (Lipinski definition) is 2. The van der Waals surface area contributed by atoms with Gasteiger partial charge in [-0.05, 0) is 67.2 Å². The third-order valence-electron chi connectivity index (χ3n) is 6.65. The lowest BCUT2D eigenvalue weighted by molar-refractivity contribution is 0.0696. The molecule has 0 amide bonds. The highest BCUT2D eigenvalue weighted by molar-refractivity contribution is 7.16. The summed E-state index contributed by atoms with van der Waals surface area (Å²) in [6.07, 6.45) is 4.68. The number of anilines is 1. The summed E-state index contributed by atoms with van der Waals surface area (Å²) in [5.41, 5.74) is 3.92. The molecule has 0 unspecified atom stereocenters. The maximum Gasteiger partial charge on any atom is 0.337 e. The first kappa shape index (κ1) is 21.8. The van der Waals surface area contributed by atoms with Gasteiger partial charge in [-0.1, -0.05) is 13.8 Å². The Bertz CT molecular complexity index is 1030. The van der Waals surface area contributed by atoms with Crippen LogP contribution in [-0.4, -0.2) is 30.8 Å². The molecular formula is C24H29N3O3S. The molecule has 2 aliphatic rings. The van der Waals surface area contributed by atoms with E-state index in [2.05, 4.69) is 24.8 Å². The van der Waals surface area contributed by atoms with Crippen LogP contribution < -0.4 is 10.8 Å². The number of carbonyl (C=O) groups is 1. The van der Waals surface area contributed by atoms with Gasteiger partial charge in [-0.2, -0.15) is 5.26 Å². The molecule has 2 heterocycles. The van der Waals surface area contributed by atoms with Crippen molar-refractivity contribution in [3.05, 3.63) is 39.8 Å². The Morgan fingerprint density at radius 1 is 1.39 bits per heavy atom. The number of aryl methyl sites for hydroxylation is 1. The van der Waals surface area contributed by atoms with Crippen LogP contribution >= 0.6 is 11.3 Å². The third kappa shape index (κ3) is 4.33. The van der Waals surface area contributed by atoms with Crippen molar-refractivity contribution >= 4 is 23.0 Å². The van der Waals surface area contributed by atoms with Crippen molar-refractivity contribution in [3.63, 3.8) is 0 Å². The minimum absolute atomic E-state index is 0.0970. The maximum atomic E-state index is 12.4. The smallest absolute Gasteiger partial charge is 0.337 e. The van der Waals surface area contributed by atoms with Gasteiger partial charge < -0.3 is 14.8 Å². The van der Waals surface area contributed by atoms with Crippen molar-refractivity contribution in [2.45, 2.75) is 46.0 Å². The Morgan fingerprint density at radius 2 is 2.13 bits per heavy atom. The molecule has 0 radical (unpaired) electrons. The van der Waals surface area contributed by atoms with Crippen LogP contribution in [0.25, 0.3) is 10.4 Å². The second kappa shape index (κ2) is 8.62. The number of nitrogens with two attached hydrogens (primary N) is 1. The van der Waals surface area contributed by atoms with Crippen LogP contribution in [-0.2, 0) is 17.7 Å². The van der Waals surface area contributed by atoms with Crippen molar-refractivity contribution in [2.24, 2.45) is 17.2 Å². The minimum atomic E-state index is -0.877. The number of nitriles is 1. The van der Waals surface area contributed by atoms with Gasteiger partial charge in [-0.3, -0.25) is 0 Å². The van der Waals surface area contributed by atoms with Crippen LogP contribution in [0.1, 0.15) is 59.5 Å². The summed E-state index contributed by atoms with van der Waals surface area (Å²) in [5, 5.41) is 19.7. The molecule has 0 atom stereocenters. The zero-order valence-electron chi connectivity index (χ0n) is 18.1. The summed E-state index contributed by atoms with van der Waals surface area (Å²) < 4.78 is 0. The number of thiophene rings is 1. The summed E-state index contributed by atoms with van der Waals surface area (Å²) in [6, 6.07) is 7.88. The first-order chi connectivity index (χ1) is 14.8. The van der Waals surface area contributed by atoms with Crippen LogP contribution in [0, 0.1) is 22.7 Å². The first-order valence-electron chi connectivity index (χ1n) is 10.8. The zero-order valence-corrected chi connectivity index (χ0v) is 18.9. The van der Waals surface area contributed by atoms with E-state index >= 15 is 0 Å². The van der Waals surface area contributed by atoms with Gasteiger partial charge >= 0.3 is 5.97 Å². The molecule has 1 aliphatic heterocycles. The van der Waals surface area contributed by atoms with Gasteiger partial charge in [0, 0.05) is 29.2 Å². The van der Waals surface area contributed by atoms with Crippen LogP contribution in [0.3, 0.4) is 0 Å². The summed E-state index contributed by atoms with van der Waals surface area (Å²) in [5.74, 6) is 4.81. The number of benzene rings is 1. The monoisotopic (exact) mass is 439 g/mol. The fourth-order valence-electron chi connectivity index (χ4n) is 4.88. The standard InChI is InChI=1S/C24H29N3O3S/c1-24(2)8-5-20-18(12-24)21(23(28)29)22(31-20)17-11-16(13-25)3-4-19(17)27-9-6-15(7-10-27)14-30-26/h3-4,11,15H,5-10,12,14,26H2,1-2H3,(H,28,29). The van der Waals surface area contributed by atoms with Gasteiger partial charge in [-0.15, -0.1) is 11.3 Å². The Kier molecular flexibility index (Phi) is 6.07. The number of fused-ring (bicyclic) bond motifs is 1. The van der Waals surface area contributed by atoms with Gasteiger partial charge in [0.15, 0.2) is 0 Å². The Balaban J connectivity index is 1.79. The van der Waals surface area contributed by atoms with Crippen LogP contribution in [0.15, 0.2) is 18.2 Å². The number of carboxylic acid groups (broad SMARTS) is 1. The largest absolute Gasteiger partial charge is 0.478 e. The Labute approximate surface area is 187 Å². The highest BCUT2D eigenvalue weighted by Gasteiger charge is 2.34.